The Morgan fingerprint density at radius 3 is 3.36 bits per heavy atom. The van der Waals surface area contributed by atoms with Gasteiger partial charge in [0.1, 0.15) is 0 Å². The van der Waals surface area contributed by atoms with Crippen molar-refractivity contribution < 1.29 is 9.53 Å². The molecule has 0 aromatic heterocycles. The first-order chi connectivity index (χ1) is 6.81. The maximum Gasteiger partial charge on any atom is 0.414 e. The number of allylic oxidation sites excluding steroid dienone is 1. The van der Waals surface area contributed by atoms with E-state index in [-0.39, 0.29) is 6.09 Å². The van der Waals surface area contributed by atoms with Crippen LogP contribution in [0.25, 0.3) is 0 Å². The number of thioether (sulfide) groups is 1. The molecule has 0 aromatic carbocycles. The van der Waals surface area contributed by atoms with Crippen molar-refractivity contribution in [3.63, 3.8) is 0 Å². The minimum Gasteiger partial charge on any atom is -0.449 e. The molecule has 0 spiro atoms. The van der Waals surface area contributed by atoms with Gasteiger partial charge < -0.3 is 4.74 Å². The van der Waals surface area contributed by atoms with Gasteiger partial charge in [-0.2, -0.15) is 0 Å². The number of carbonyl (C=O) groups excluding carboxylic acids is 1. The van der Waals surface area contributed by atoms with Crippen LogP contribution in [0.1, 0.15) is 13.3 Å². The van der Waals surface area contributed by atoms with E-state index in [0.29, 0.717) is 13.2 Å². The predicted octanol–water partition coefficient (Wildman–Crippen LogP) is 2.36. The molecule has 2 aliphatic heterocycles. The van der Waals surface area contributed by atoms with Gasteiger partial charge in [-0.15, -0.1) is 11.8 Å². The lowest BCUT2D eigenvalue weighted by Crippen LogP contribution is -2.30. The second-order valence-electron chi connectivity index (χ2n) is 3.21. The maximum absolute atomic E-state index is 11.4. The quantitative estimate of drug-likeness (QED) is 0.667. The lowest BCUT2D eigenvalue weighted by atomic mass is 10.1. The second kappa shape index (κ2) is 4.09. The van der Waals surface area contributed by atoms with Crippen molar-refractivity contribution in [1.82, 2.24) is 4.90 Å². The Labute approximate surface area is 87.8 Å². The molecular formula is C10H13NO2S. The molecule has 0 N–H and O–H groups in total. The summed E-state index contributed by atoms with van der Waals surface area (Å²) in [6.07, 6.45) is 4.68. The summed E-state index contributed by atoms with van der Waals surface area (Å²) in [6.45, 7) is 2.96. The van der Waals surface area contributed by atoms with Gasteiger partial charge in [0.2, 0.25) is 0 Å². The van der Waals surface area contributed by atoms with Crippen LogP contribution in [-0.4, -0.2) is 29.9 Å². The molecule has 0 saturated heterocycles. The topological polar surface area (TPSA) is 29.5 Å². The third-order valence-electron chi connectivity index (χ3n) is 2.28. The molecule has 1 amide bonds. The standard InChI is InChI=1S/C10H13NO2S/c1-2-13-10(12)11-5-3-9-8(7-11)4-6-14-9/h3,5H,2,4,6-7H2,1H3. The highest BCUT2D eigenvalue weighted by atomic mass is 32.2. The Morgan fingerprint density at radius 2 is 2.57 bits per heavy atom. The van der Waals surface area contributed by atoms with Crippen LogP contribution in [0.4, 0.5) is 4.79 Å². The molecule has 0 aromatic rings. The van der Waals surface area contributed by atoms with Gasteiger partial charge in [0.15, 0.2) is 0 Å². The number of hydrogen-bond donors (Lipinski definition) is 0. The van der Waals surface area contributed by atoms with Crippen molar-refractivity contribution in [1.29, 1.82) is 0 Å². The lowest BCUT2D eigenvalue weighted by molar-refractivity contribution is 0.124. The largest absolute Gasteiger partial charge is 0.449 e. The first kappa shape index (κ1) is 9.65. The molecule has 14 heavy (non-hydrogen) atoms. The number of hydrogen-bond acceptors (Lipinski definition) is 3. The minimum absolute atomic E-state index is 0.243. The number of carbonyl (C=O) groups is 1. The van der Waals surface area contributed by atoms with Crippen LogP contribution in [0, 0.1) is 0 Å². The molecule has 2 heterocycles. The molecule has 0 aliphatic carbocycles. The first-order valence-electron chi connectivity index (χ1n) is 4.77. The van der Waals surface area contributed by atoms with Gasteiger partial charge in [0, 0.05) is 16.9 Å². The highest BCUT2D eigenvalue weighted by molar-refractivity contribution is 8.03. The van der Waals surface area contributed by atoms with E-state index in [1.165, 1.54) is 10.5 Å². The van der Waals surface area contributed by atoms with Gasteiger partial charge in [-0.3, -0.25) is 4.90 Å². The summed E-state index contributed by atoms with van der Waals surface area (Å²) >= 11 is 1.87. The summed E-state index contributed by atoms with van der Waals surface area (Å²) in [5.41, 5.74) is 1.37. The fourth-order valence-corrected chi connectivity index (χ4v) is 2.68. The molecule has 3 nitrogen and oxygen atoms in total. The summed E-state index contributed by atoms with van der Waals surface area (Å²) in [7, 11) is 0. The predicted molar refractivity (Wildman–Crippen MR) is 57.0 cm³/mol. The number of amides is 1. The summed E-state index contributed by atoms with van der Waals surface area (Å²) in [5.74, 6) is 1.14. The third-order valence-corrected chi connectivity index (χ3v) is 3.42. The van der Waals surface area contributed by atoms with Crippen molar-refractivity contribution in [3.8, 4) is 0 Å². The highest BCUT2D eigenvalue weighted by Crippen LogP contribution is 2.35. The molecule has 0 unspecified atom stereocenters. The Hall–Kier alpha value is -0.900. The first-order valence-corrected chi connectivity index (χ1v) is 5.76. The van der Waals surface area contributed by atoms with E-state index in [4.69, 9.17) is 4.74 Å². The number of ether oxygens (including phenoxy) is 1. The van der Waals surface area contributed by atoms with E-state index in [1.54, 1.807) is 4.90 Å². The van der Waals surface area contributed by atoms with Gasteiger partial charge in [0.25, 0.3) is 0 Å². The van der Waals surface area contributed by atoms with E-state index in [9.17, 15) is 4.79 Å². The second-order valence-corrected chi connectivity index (χ2v) is 4.35. The van der Waals surface area contributed by atoms with Crippen LogP contribution in [0.15, 0.2) is 22.8 Å². The van der Waals surface area contributed by atoms with Crippen molar-refractivity contribution in [3.05, 3.63) is 22.8 Å². The lowest BCUT2D eigenvalue weighted by Gasteiger charge is -2.21. The molecule has 2 rings (SSSR count). The van der Waals surface area contributed by atoms with Crippen LogP contribution < -0.4 is 0 Å². The Bertz CT molecular complexity index is 309. The van der Waals surface area contributed by atoms with Crippen molar-refractivity contribution in [2.45, 2.75) is 13.3 Å². The molecule has 0 fully saturated rings. The van der Waals surface area contributed by atoms with Crippen LogP contribution in [-0.2, 0) is 4.74 Å². The number of nitrogens with zero attached hydrogens (tertiary/aromatic N) is 1. The molecule has 0 bridgehead atoms. The van der Waals surface area contributed by atoms with E-state index in [0.717, 1.165) is 12.2 Å². The van der Waals surface area contributed by atoms with Gasteiger partial charge in [-0.05, 0) is 25.0 Å². The van der Waals surface area contributed by atoms with Gasteiger partial charge in [-0.25, -0.2) is 4.79 Å². The van der Waals surface area contributed by atoms with Crippen molar-refractivity contribution in [2.24, 2.45) is 0 Å². The van der Waals surface area contributed by atoms with Gasteiger partial charge in [-0.1, -0.05) is 0 Å². The summed E-state index contributed by atoms with van der Waals surface area (Å²) in [6, 6.07) is 0. The van der Waals surface area contributed by atoms with Gasteiger partial charge >= 0.3 is 6.09 Å². The molecule has 0 radical (unpaired) electrons. The van der Waals surface area contributed by atoms with E-state index >= 15 is 0 Å². The Kier molecular flexibility index (Phi) is 2.82. The zero-order valence-corrected chi connectivity index (χ0v) is 8.97. The normalized spacial score (nSPS) is 19.9. The van der Waals surface area contributed by atoms with E-state index in [2.05, 4.69) is 0 Å². The van der Waals surface area contributed by atoms with Gasteiger partial charge in [0.05, 0.1) is 13.2 Å². The highest BCUT2D eigenvalue weighted by Gasteiger charge is 2.22. The average molecular weight is 211 g/mol. The fourth-order valence-electron chi connectivity index (χ4n) is 1.58. The molecule has 4 heteroatoms. The molecule has 76 valence electrons. The number of rotatable bonds is 1. The van der Waals surface area contributed by atoms with E-state index in [1.807, 2.05) is 31.0 Å². The average Bonchev–Trinajstić information content (AvgIpc) is 2.64. The summed E-state index contributed by atoms with van der Waals surface area (Å²) < 4.78 is 4.94. The van der Waals surface area contributed by atoms with Crippen LogP contribution in [0.5, 0.6) is 0 Å². The van der Waals surface area contributed by atoms with E-state index < -0.39 is 0 Å². The molecule has 0 saturated carbocycles. The third kappa shape index (κ3) is 1.80. The minimum atomic E-state index is -0.243. The fraction of sp³-hybridized carbons (Fsp3) is 0.500. The SMILES string of the molecule is CCOC(=O)N1C=CC2=C(CCS2)C1. The molecular weight excluding hydrogens is 198 g/mol. The van der Waals surface area contributed by atoms with Crippen LogP contribution in [0.3, 0.4) is 0 Å². The zero-order chi connectivity index (χ0) is 9.97. The maximum atomic E-state index is 11.4. The van der Waals surface area contributed by atoms with Crippen LogP contribution in [0.2, 0.25) is 0 Å². The summed E-state index contributed by atoms with van der Waals surface area (Å²) in [5, 5.41) is 0. The van der Waals surface area contributed by atoms with Crippen molar-refractivity contribution in [2.75, 3.05) is 18.9 Å². The smallest absolute Gasteiger partial charge is 0.414 e. The monoisotopic (exact) mass is 211 g/mol. The Balaban J connectivity index is 2.01. The zero-order valence-electron chi connectivity index (χ0n) is 8.16. The van der Waals surface area contributed by atoms with Crippen LogP contribution >= 0.6 is 11.8 Å². The molecule has 2 aliphatic rings. The Morgan fingerprint density at radius 1 is 1.71 bits per heavy atom. The molecule has 0 atom stereocenters. The summed E-state index contributed by atoms with van der Waals surface area (Å²) in [4.78, 5) is 14.4. The van der Waals surface area contributed by atoms with Crippen molar-refractivity contribution >= 4 is 17.9 Å².